The van der Waals surface area contributed by atoms with Gasteiger partial charge in [-0.25, -0.2) is 21.6 Å². The molecular formula is C18H17BrN2O5S2. The van der Waals surface area contributed by atoms with Gasteiger partial charge in [-0.15, -0.1) is 0 Å². The van der Waals surface area contributed by atoms with Gasteiger partial charge in [-0.2, -0.15) is 0 Å². The lowest BCUT2D eigenvalue weighted by atomic mass is 10.2. The number of hydrogen-bond donors (Lipinski definition) is 2. The lowest BCUT2D eigenvalue weighted by Gasteiger charge is -2.12. The van der Waals surface area contributed by atoms with Crippen LogP contribution in [0.15, 0.2) is 79.5 Å². The summed E-state index contributed by atoms with van der Waals surface area (Å²) in [5, 5.41) is 0. The minimum Gasteiger partial charge on any atom is -0.468 e. The highest BCUT2D eigenvalue weighted by atomic mass is 79.9. The molecule has 0 fully saturated rings. The number of furan rings is 1. The van der Waals surface area contributed by atoms with E-state index < -0.39 is 20.0 Å². The molecule has 0 atom stereocenters. The average molecular weight is 485 g/mol. The van der Waals surface area contributed by atoms with Gasteiger partial charge in [-0.3, -0.25) is 4.72 Å². The van der Waals surface area contributed by atoms with Crippen LogP contribution in [0.2, 0.25) is 0 Å². The molecule has 0 aliphatic carbocycles. The monoisotopic (exact) mass is 484 g/mol. The summed E-state index contributed by atoms with van der Waals surface area (Å²) < 4.78 is 60.9. The van der Waals surface area contributed by atoms with E-state index in [1.807, 2.05) is 0 Å². The van der Waals surface area contributed by atoms with Crippen LogP contribution in [0.5, 0.6) is 0 Å². The van der Waals surface area contributed by atoms with Crippen molar-refractivity contribution in [3.63, 3.8) is 0 Å². The number of hydrogen-bond acceptors (Lipinski definition) is 5. The van der Waals surface area contributed by atoms with Crippen molar-refractivity contribution in [1.82, 2.24) is 4.72 Å². The van der Waals surface area contributed by atoms with E-state index >= 15 is 0 Å². The Hall–Kier alpha value is -2.14. The molecule has 0 bridgehead atoms. The molecule has 28 heavy (non-hydrogen) atoms. The van der Waals surface area contributed by atoms with Crippen molar-refractivity contribution in [2.24, 2.45) is 0 Å². The first-order chi connectivity index (χ1) is 13.2. The first-order valence-corrected chi connectivity index (χ1v) is 11.8. The average Bonchev–Trinajstić information content (AvgIpc) is 3.15. The molecule has 148 valence electrons. The van der Waals surface area contributed by atoms with Gasteiger partial charge in [0, 0.05) is 4.47 Å². The molecule has 0 radical (unpaired) electrons. The summed E-state index contributed by atoms with van der Waals surface area (Å²) in [7, 11) is -7.73. The van der Waals surface area contributed by atoms with Crippen LogP contribution in [0.4, 0.5) is 5.69 Å². The molecule has 0 saturated heterocycles. The molecule has 0 amide bonds. The van der Waals surface area contributed by atoms with Crippen LogP contribution in [-0.2, 0) is 26.6 Å². The summed E-state index contributed by atoms with van der Waals surface area (Å²) >= 11 is 3.26. The molecule has 3 aromatic rings. The predicted octanol–water partition coefficient (Wildman–Crippen LogP) is 3.63. The lowest BCUT2D eigenvalue weighted by Crippen LogP contribution is -2.23. The van der Waals surface area contributed by atoms with E-state index in [1.54, 1.807) is 31.2 Å². The van der Waals surface area contributed by atoms with Crippen LogP contribution in [0.25, 0.3) is 0 Å². The Morgan fingerprint density at radius 3 is 2.46 bits per heavy atom. The summed E-state index contributed by atoms with van der Waals surface area (Å²) in [6.45, 7) is 1.67. The third-order valence-corrected chi connectivity index (χ3v) is 7.27. The van der Waals surface area contributed by atoms with Crippen molar-refractivity contribution < 1.29 is 21.3 Å². The normalized spacial score (nSPS) is 12.1. The van der Waals surface area contributed by atoms with Crippen LogP contribution < -0.4 is 9.44 Å². The van der Waals surface area contributed by atoms with Crippen molar-refractivity contribution in [2.75, 3.05) is 4.72 Å². The van der Waals surface area contributed by atoms with Crippen LogP contribution in [0.1, 0.15) is 11.3 Å². The zero-order chi connectivity index (χ0) is 20.4. The minimum atomic E-state index is -3.89. The molecule has 0 aliphatic heterocycles. The standard InChI is InChI=1S/C18H17BrN2O5S2/c1-13-7-8-14(19)10-18(13)28(24,25)21-15-4-2-6-17(11-15)27(22,23)20-12-16-5-3-9-26-16/h2-11,20-21H,12H2,1H3. The van der Waals surface area contributed by atoms with Crippen molar-refractivity contribution in [2.45, 2.75) is 23.3 Å². The third-order valence-electron chi connectivity index (χ3n) is 3.85. The van der Waals surface area contributed by atoms with Crippen molar-refractivity contribution >= 4 is 41.7 Å². The molecule has 0 saturated carbocycles. The summed E-state index contributed by atoms with van der Waals surface area (Å²) in [6.07, 6.45) is 1.45. The highest BCUT2D eigenvalue weighted by molar-refractivity contribution is 9.10. The second-order valence-corrected chi connectivity index (χ2v) is 10.3. The fourth-order valence-corrected chi connectivity index (χ4v) is 5.34. The quantitative estimate of drug-likeness (QED) is 0.532. The topological polar surface area (TPSA) is 105 Å². The highest BCUT2D eigenvalue weighted by Crippen LogP contribution is 2.24. The van der Waals surface area contributed by atoms with E-state index in [1.165, 1.54) is 36.6 Å². The van der Waals surface area contributed by atoms with E-state index in [2.05, 4.69) is 25.4 Å². The van der Waals surface area contributed by atoms with E-state index in [9.17, 15) is 16.8 Å². The van der Waals surface area contributed by atoms with Gasteiger partial charge in [0.1, 0.15) is 5.76 Å². The van der Waals surface area contributed by atoms with Gasteiger partial charge in [-0.05, 0) is 55.0 Å². The van der Waals surface area contributed by atoms with Gasteiger partial charge >= 0.3 is 0 Å². The van der Waals surface area contributed by atoms with E-state index in [0.717, 1.165) is 0 Å². The molecule has 3 rings (SSSR count). The van der Waals surface area contributed by atoms with Gasteiger partial charge in [0.15, 0.2) is 0 Å². The molecule has 2 aromatic carbocycles. The fourth-order valence-electron chi connectivity index (χ4n) is 2.46. The smallest absolute Gasteiger partial charge is 0.262 e. The summed E-state index contributed by atoms with van der Waals surface area (Å²) in [5.74, 6) is 0.463. The molecular weight excluding hydrogens is 468 g/mol. The molecule has 0 aliphatic rings. The number of aryl methyl sites for hydroxylation is 1. The van der Waals surface area contributed by atoms with Gasteiger partial charge < -0.3 is 4.42 Å². The van der Waals surface area contributed by atoms with Crippen LogP contribution in [0.3, 0.4) is 0 Å². The number of nitrogens with one attached hydrogen (secondary N) is 2. The molecule has 2 N–H and O–H groups in total. The Morgan fingerprint density at radius 1 is 0.964 bits per heavy atom. The predicted molar refractivity (Wildman–Crippen MR) is 109 cm³/mol. The van der Waals surface area contributed by atoms with Crippen LogP contribution in [0, 0.1) is 6.92 Å². The number of halogens is 1. The van der Waals surface area contributed by atoms with Gasteiger partial charge in [-0.1, -0.05) is 28.1 Å². The second kappa shape index (κ2) is 8.08. The molecule has 7 nitrogen and oxygen atoms in total. The fraction of sp³-hybridized carbons (Fsp3) is 0.111. The van der Waals surface area contributed by atoms with Gasteiger partial charge in [0.2, 0.25) is 10.0 Å². The maximum Gasteiger partial charge on any atom is 0.262 e. The Labute approximate surface area is 172 Å². The Kier molecular flexibility index (Phi) is 5.94. The summed E-state index contributed by atoms with van der Waals surface area (Å²) in [5.41, 5.74) is 0.708. The Morgan fingerprint density at radius 2 is 1.75 bits per heavy atom. The largest absolute Gasteiger partial charge is 0.468 e. The number of sulfonamides is 2. The minimum absolute atomic E-state index is 0.0114. The number of rotatable bonds is 7. The van der Waals surface area contributed by atoms with E-state index in [-0.39, 0.29) is 22.0 Å². The maximum atomic E-state index is 12.7. The van der Waals surface area contributed by atoms with Gasteiger partial charge in [0.05, 0.1) is 28.3 Å². The highest BCUT2D eigenvalue weighted by Gasteiger charge is 2.19. The van der Waals surface area contributed by atoms with Crippen molar-refractivity contribution in [1.29, 1.82) is 0 Å². The number of benzene rings is 2. The molecule has 0 spiro atoms. The summed E-state index contributed by atoms with van der Waals surface area (Å²) in [6, 6.07) is 13.8. The maximum absolute atomic E-state index is 12.7. The third kappa shape index (κ3) is 4.82. The van der Waals surface area contributed by atoms with Crippen LogP contribution in [-0.4, -0.2) is 16.8 Å². The van der Waals surface area contributed by atoms with Crippen molar-refractivity contribution in [3.8, 4) is 0 Å². The zero-order valence-corrected chi connectivity index (χ0v) is 17.9. The number of anilines is 1. The van der Waals surface area contributed by atoms with Gasteiger partial charge in [0.25, 0.3) is 10.0 Å². The molecule has 10 heteroatoms. The van der Waals surface area contributed by atoms with E-state index in [4.69, 9.17) is 4.42 Å². The Balaban J connectivity index is 1.84. The first-order valence-electron chi connectivity index (χ1n) is 8.08. The molecule has 0 unspecified atom stereocenters. The zero-order valence-electron chi connectivity index (χ0n) is 14.7. The molecule has 1 aromatic heterocycles. The summed E-state index contributed by atoms with van der Waals surface area (Å²) in [4.78, 5) is 0.0382. The second-order valence-electron chi connectivity index (χ2n) is 5.95. The Bertz CT molecular complexity index is 1190. The SMILES string of the molecule is Cc1ccc(Br)cc1S(=O)(=O)Nc1cccc(S(=O)(=O)NCc2ccco2)c1. The molecule has 1 heterocycles. The first kappa shape index (κ1) is 20.6. The van der Waals surface area contributed by atoms with E-state index in [0.29, 0.717) is 15.8 Å². The van der Waals surface area contributed by atoms with Crippen LogP contribution >= 0.6 is 15.9 Å². The lowest BCUT2D eigenvalue weighted by molar-refractivity contribution is 0.498. The van der Waals surface area contributed by atoms with Crippen molar-refractivity contribution in [3.05, 3.63) is 76.7 Å².